The van der Waals surface area contributed by atoms with Crippen molar-refractivity contribution in [2.75, 3.05) is 18.0 Å². The molecule has 0 aliphatic heterocycles. The number of nitrogens with one attached hydrogen (secondary N) is 1. The van der Waals surface area contributed by atoms with Crippen LogP contribution in [0, 0.1) is 12.7 Å². The fourth-order valence-electron chi connectivity index (χ4n) is 2.34. The van der Waals surface area contributed by atoms with Gasteiger partial charge in [0.2, 0.25) is 5.91 Å². The number of halogens is 1. The Morgan fingerprint density at radius 1 is 1.18 bits per heavy atom. The average molecular weight is 300 g/mol. The standard InChI is InChI=1S/C18H21FN2O/c1-3-21(16-9-6-7-14(2)11-16)18(22)13-20-12-15-8-4-5-10-17(15)19/h4-11,20H,3,12-13H2,1-2H3. The Morgan fingerprint density at radius 2 is 1.95 bits per heavy atom. The van der Waals surface area contributed by atoms with E-state index in [0.29, 0.717) is 18.7 Å². The van der Waals surface area contributed by atoms with Crippen molar-refractivity contribution >= 4 is 11.6 Å². The number of likely N-dealkylation sites (N-methyl/N-ethyl adjacent to an activating group) is 1. The first-order chi connectivity index (χ1) is 10.6. The number of hydrogen-bond donors (Lipinski definition) is 1. The molecule has 0 bridgehead atoms. The predicted octanol–water partition coefficient (Wildman–Crippen LogP) is 3.28. The Balaban J connectivity index is 1.94. The third-order valence-corrected chi connectivity index (χ3v) is 3.48. The van der Waals surface area contributed by atoms with Crippen LogP contribution in [-0.4, -0.2) is 19.0 Å². The van der Waals surface area contributed by atoms with E-state index < -0.39 is 0 Å². The quantitative estimate of drug-likeness (QED) is 0.888. The topological polar surface area (TPSA) is 32.3 Å². The zero-order valence-electron chi connectivity index (χ0n) is 13.0. The molecule has 3 nitrogen and oxygen atoms in total. The van der Waals surface area contributed by atoms with Gasteiger partial charge < -0.3 is 10.2 Å². The Bertz CT molecular complexity index is 642. The van der Waals surface area contributed by atoms with Gasteiger partial charge in [-0.3, -0.25) is 4.79 Å². The van der Waals surface area contributed by atoms with Gasteiger partial charge in [-0.2, -0.15) is 0 Å². The van der Waals surface area contributed by atoms with Crippen LogP contribution < -0.4 is 10.2 Å². The van der Waals surface area contributed by atoms with E-state index in [1.54, 1.807) is 23.1 Å². The van der Waals surface area contributed by atoms with E-state index in [0.717, 1.165) is 11.3 Å². The van der Waals surface area contributed by atoms with Gasteiger partial charge in [0.05, 0.1) is 6.54 Å². The molecule has 0 saturated carbocycles. The summed E-state index contributed by atoms with van der Waals surface area (Å²) in [4.78, 5) is 14.1. The van der Waals surface area contributed by atoms with E-state index in [9.17, 15) is 9.18 Å². The second-order valence-electron chi connectivity index (χ2n) is 5.17. The summed E-state index contributed by atoms with van der Waals surface area (Å²) in [7, 11) is 0. The lowest BCUT2D eigenvalue weighted by molar-refractivity contribution is -0.117. The maximum Gasteiger partial charge on any atom is 0.240 e. The minimum absolute atomic E-state index is 0.0237. The number of benzene rings is 2. The summed E-state index contributed by atoms with van der Waals surface area (Å²) in [5.41, 5.74) is 2.57. The van der Waals surface area contributed by atoms with Gasteiger partial charge in [-0.05, 0) is 37.6 Å². The van der Waals surface area contributed by atoms with Gasteiger partial charge in [0.25, 0.3) is 0 Å². The fraction of sp³-hybridized carbons (Fsp3) is 0.278. The Morgan fingerprint density at radius 3 is 2.64 bits per heavy atom. The maximum absolute atomic E-state index is 13.5. The molecule has 0 aliphatic carbocycles. The second-order valence-corrected chi connectivity index (χ2v) is 5.17. The van der Waals surface area contributed by atoms with Crippen LogP contribution in [0.1, 0.15) is 18.1 Å². The van der Waals surface area contributed by atoms with Crippen molar-refractivity contribution in [2.24, 2.45) is 0 Å². The average Bonchev–Trinajstić information content (AvgIpc) is 2.50. The van der Waals surface area contributed by atoms with Crippen LogP contribution in [0.25, 0.3) is 0 Å². The lowest BCUT2D eigenvalue weighted by atomic mass is 10.2. The molecule has 2 rings (SSSR count). The minimum Gasteiger partial charge on any atom is -0.312 e. The highest BCUT2D eigenvalue weighted by atomic mass is 19.1. The van der Waals surface area contributed by atoms with E-state index in [1.807, 2.05) is 38.1 Å². The zero-order valence-corrected chi connectivity index (χ0v) is 13.0. The first-order valence-electron chi connectivity index (χ1n) is 7.43. The molecule has 0 spiro atoms. The second kappa shape index (κ2) is 7.71. The molecule has 0 aromatic heterocycles. The minimum atomic E-state index is -0.256. The summed E-state index contributed by atoms with van der Waals surface area (Å²) < 4.78 is 13.5. The monoisotopic (exact) mass is 300 g/mol. The van der Waals surface area contributed by atoms with Crippen molar-refractivity contribution in [1.82, 2.24) is 5.32 Å². The molecule has 0 fully saturated rings. The highest BCUT2D eigenvalue weighted by Gasteiger charge is 2.13. The van der Waals surface area contributed by atoms with Crippen LogP contribution in [0.15, 0.2) is 48.5 Å². The van der Waals surface area contributed by atoms with Crippen molar-refractivity contribution in [1.29, 1.82) is 0 Å². The third-order valence-electron chi connectivity index (χ3n) is 3.48. The SMILES string of the molecule is CCN(C(=O)CNCc1ccccc1F)c1cccc(C)c1. The number of amides is 1. The van der Waals surface area contributed by atoms with Crippen LogP contribution in [0.4, 0.5) is 10.1 Å². The van der Waals surface area contributed by atoms with E-state index in [4.69, 9.17) is 0 Å². The largest absolute Gasteiger partial charge is 0.312 e. The molecule has 4 heteroatoms. The van der Waals surface area contributed by atoms with Crippen molar-refractivity contribution in [3.8, 4) is 0 Å². The smallest absolute Gasteiger partial charge is 0.240 e. The normalized spacial score (nSPS) is 10.5. The maximum atomic E-state index is 13.5. The molecule has 1 amide bonds. The van der Waals surface area contributed by atoms with E-state index in [2.05, 4.69) is 5.32 Å². The van der Waals surface area contributed by atoms with Crippen LogP contribution in [0.3, 0.4) is 0 Å². The number of carbonyl (C=O) groups excluding carboxylic acids is 1. The van der Waals surface area contributed by atoms with Crippen molar-refractivity contribution in [3.05, 3.63) is 65.5 Å². The van der Waals surface area contributed by atoms with Crippen LogP contribution in [0.2, 0.25) is 0 Å². The molecule has 0 atom stereocenters. The molecule has 0 unspecified atom stereocenters. The molecule has 116 valence electrons. The Hall–Kier alpha value is -2.20. The number of carbonyl (C=O) groups is 1. The first kappa shape index (κ1) is 16.2. The van der Waals surface area contributed by atoms with E-state index in [1.165, 1.54) is 6.07 Å². The van der Waals surface area contributed by atoms with E-state index >= 15 is 0 Å². The Kier molecular flexibility index (Phi) is 5.67. The molecule has 2 aromatic rings. The summed E-state index contributed by atoms with van der Waals surface area (Å²) in [6.07, 6.45) is 0. The summed E-state index contributed by atoms with van der Waals surface area (Å²) in [6, 6.07) is 14.4. The van der Waals surface area contributed by atoms with E-state index in [-0.39, 0.29) is 18.3 Å². The summed E-state index contributed by atoms with van der Waals surface area (Å²) in [5, 5.41) is 3.01. The van der Waals surface area contributed by atoms with Crippen LogP contribution >= 0.6 is 0 Å². The van der Waals surface area contributed by atoms with Gasteiger partial charge in [0, 0.05) is 24.3 Å². The molecule has 22 heavy (non-hydrogen) atoms. The molecule has 1 N–H and O–H groups in total. The van der Waals surface area contributed by atoms with Crippen molar-refractivity contribution in [2.45, 2.75) is 20.4 Å². The summed E-state index contributed by atoms with van der Waals surface area (Å²) >= 11 is 0. The van der Waals surface area contributed by atoms with Gasteiger partial charge in [-0.1, -0.05) is 30.3 Å². The fourth-order valence-corrected chi connectivity index (χ4v) is 2.34. The molecule has 0 heterocycles. The third kappa shape index (κ3) is 4.15. The molecule has 0 aliphatic rings. The number of rotatable bonds is 6. The van der Waals surface area contributed by atoms with Crippen LogP contribution in [-0.2, 0) is 11.3 Å². The molecular formula is C18H21FN2O. The van der Waals surface area contributed by atoms with Gasteiger partial charge in [0.1, 0.15) is 5.82 Å². The van der Waals surface area contributed by atoms with Crippen LogP contribution in [0.5, 0.6) is 0 Å². The summed E-state index contributed by atoms with van der Waals surface area (Å²) in [6.45, 7) is 5.05. The summed E-state index contributed by atoms with van der Waals surface area (Å²) in [5.74, 6) is -0.280. The number of hydrogen-bond acceptors (Lipinski definition) is 2. The van der Waals surface area contributed by atoms with Gasteiger partial charge in [-0.25, -0.2) is 4.39 Å². The highest BCUT2D eigenvalue weighted by molar-refractivity contribution is 5.94. The van der Waals surface area contributed by atoms with Gasteiger partial charge in [-0.15, -0.1) is 0 Å². The number of nitrogens with zero attached hydrogens (tertiary/aromatic N) is 1. The first-order valence-corrected chi connectivity index (χ1v) is 7.43. The molecule has 0 radical (unpaired) electrons. The van der Waals surface area contributed by atoms with Gasteiger partial charge in [0.15, 0.2) is 0 Å². The number of aryl methyl sites for hydroxylation is 1. The predicted molar refractivity (Wildman–Crippen MR) is 87.3 cm³/mol. The lowest BCUT2D eigenvalue weighted by Crippen LogP contribution is -2.38. The molecule has 2 aromatic carbocycles. The Labute approximate surface area is 130 Å². The van der Waals surface area contributed by atoms with Crippen molar-refractivity contribution in [3.63, 3.8) is 0 Å². The van der Waals surface area contributed by atoms with Gasteiger partial charge >= 0.3 is 0 Å². The zero-order chi connectivity index (χ0) is 15.9. The molecular weight excluding hydrogens is 279 g/mol. The lowest BCUT2D eigenvalue weighted by Gasteiger charge is -2.21. The van der Waals surface area contributed by atoms with Crippen molar-refractivity contribution < 1.29 is 9.18 Å². The molecule has 0 saturated heterocycles. The number of anilines is 1. The highest BCUT2D eigenvalue weighted by Crippen LogP contribution is 2.15.